The van der Waals surface area contributed by atoms with Gasteiger partial charge in [0.1, 0.15) is 11.5 Å². The molecule has 0 N–H and O–H groups in total. The summed E-state index contributed by atoms with van der Waals surface area (Å²) in [6.45, 7) is 4.17. The Kier molecular flexibility index (Phi) is 5.97. The molecule has 2 heterocycles. The SMILES string of the molecule is COc1ccc(C=CC(=O)N2CCC(N3CCCC3)CC2)c(OC)c1. The number of benzene rings is 1. The monoisotopic (exact) mass is 344 g/mol. The predicted molar refractivity (Wildman–Crippen MR) is 99.0 cm³/mol. The number of piperidine rings is 1. The molecular formula is C20H28N2O3. The van der Waals surface area contributed by atoms with Gasteiger partial charge >= 0.3 is 0 Å². The Bertz CT molecular complexity index is 615. The van der Waals surface area contributed by atoms with E-state index in [2.05, 4.69) is 4.90 Å². The Balaban J connectivity index is 1.56. The van der Waals surface area contributed by atoms with Crippen molar-refractivity contribution in [1.29, 1.82) is 0 Å². The number of amides is 1. The first-order valence-corrected chi connectivity index (χ1v) is 9.14. The van der Waals surface area contributed by atoms with Gasteiger partial charge in [0, 0.05) is 36.8 Å². The lowest BCUT2D eigenvalue weighted by Gasteiger charge is -2.36. The minimum Gasteiger partial charge on any atom is -0.497 e. The average molecular weight is 344 g/mol. The van der Waals surface area contributed by atoms with Gasteiger partial charge in [0.15, 0.2) is 0 Å². The fraction of sp³-hybridized carbons (Fsp3) is 0.550. The fourth-order valence-electron chi connectivity index (χ4n) is 3.78. The Morgan fingerprint density at radius 1 is 1.08 bits per heavy atom. The van der Waals surface area contributed by atoms with Gasteiger partial charge in [-0.3, -0.25) is 4.79 Å². The molecule has 1 aromatic rings. The molecule has 1 aromatic carbocycles. The Hall–Kier alpha value is -2.01. The van der Waals surface area contributed by atoms with Crippen molar-refractivity contribution in [3.8, 4) is 11.5 Å². The average Bonchev–Trinajstić information content (AvgIpc) is 3.20. The van der Waals surface area contributed by atoms with Gasteiger partial charge in [0.25, 0.3) is 0 Å². The van der Waals surface area contributed by atoms with Crippen molar-refractivity contribution in [1.82, 2.24) is 9.80 Å². The molecule has 0 unspecified atom stereocenters. The Morgan fingerprint density at radius 3 is 2.44 bits per heavy atom. The number of ether oxygens (including phenoxy) is 2. The normalized spacial score (nSPS) is 19.5. The van der Waals surface area contributed by atoms with E-state index in [4.69, 9.17) is 9.47 Å². The van der Waals surface area contributed by atoms with Gasteiger partial charge in [-0.1, -0.05) is 0 Å². The molecule has 0 atom stereocenters. The van der Waals surface area contributed by atoms with Crippen molar-refractivity contribution < 1.29 is 14.3 Å². The molecule has 2 aliphatic heterocycles. The number of likely N-dealkylation sites (tertiary alicyclic amines) is 2. The molecule has 25 heavy (non-hydrogen) atoms. The third kappa shape index (κ3) is 4.34. The van der Waals surface area contributed by atoms with Crippen LogP contribution in [-0.4, -0.2) is 62.1 Å². The van der Waals surface area contributed by atoms with Crippen LogP contribution in [-0.2, 0) is 4.79 Å². The number of carbonyl (C=O) groups excluding carboxylic acids is 1. The molecule has 1 amide bonds. The number of carbonyl (C=O) groups is 1. The molecule has 0 radical (unpaired) electrons. The van der Waals surface area contributed by atoms with E-state index in [1.807, 2.05) is 29.2 Å². The van der Waals surface area contributed by atoms with E-state index in [1.165, 1.54) is 25.9 Å². The molecule has 136 valence electrons. The molecule has 2 fully saturated rings. The first-order valence-electron chi connectivity index (χ1n) is 9.14. The highest BCUT2D eigenvalue weighted by atomic mass is 16.5. The van der Waals surface area contributed by atoms with Gasteiger partial charge in [-0.25, -0.2) is 0 Å². The van der Waals surface area contributed by atoms with Crippen LogP contribution < -0.4 is 9.47 Å². The zero-order chi connectivity index (χ0) is 17.6. The van der Waals surface area contributed by atoms with Crippen molar-refractivity contribution in [3.63, 3.8) is 0 Å². The van der Waals surface area contributed by atoms with Crippen LogP contribution >= 0.6 is 0 Å². The fourth-order valence-corrected chi connectivity index (χ4v) is 3.78. The van der Waals surface area contributed by atoms with Gasteiger partial charge < -0.3 is 19.3 Å². The number of rotatable bonds is 5. The number of nitrogens with zero attached hydrogens (tertiary/aromatic N) is 2. The maximum Gasteiger partial charge on any atom is 0.246 e. The predicted octanol–water partition coefficient (Wildman–Crippen LogP) is 2.80. The summed E-state index contributed by atoms with van der Waals surface area (Å²) in [6, 6.07) is 6.26. The molecule has 3 rings (SSSR count). The standard InChI is InChI=1S/C20H28N2O3/c1-24-18-7-5-16(19(15-18)25-2)6-8-20(23)22-13-9-17(10-14-22)21-11-3-4-12-21/h5-8,15,17H,3-4,9-14H2,1-2H3. The largest absolute Gasteiger partial charge is 0.497 e. The Morgan fingerprint density at radius 2 is 1.80 bits per heavy atom. The smallest absolute Gasteiger partial charge is 0.246 e. The van der Waals surface area contributed by atoms with Crippen LogP contribution in [0.2, 0.25) is 0 Å². The maximum atomic E-state index is 12.5. The highest BCUT2D eigenvalue weighted by molar-refractivity contribution is 5.92. The van der Waals surface area contributed by atoms with E-state index in [-0.39, 0.29) is 5.91 Å². The van der Waals surface area contributed by atoms with Crippen molar-refractivity contribution in [2.45, 2.75) is 31.7 Å². The maximum absolute atomic E-state index is 12.5. The molecule has 5 nitrogen and oxygen atoms in total. The topological polar surface area (TPSA) is 42.0 Å². The van der Waals surface area contributed by atoms with Gasteiger partial charge in [-0.15, -0.1) is 0 Å². The molecule has 2 saturated heterocycles. The lowest BCUT2D eigenvalue weighted by Crippen LogP contribution is -2.45. The van der Waals surface area contributed by atoms with E-state index >= 15 is 0 Å². The number of methoxy groups -OCH3 is 2. The summed E-state index contributed by atoms with van der Waals surface area (Å²) in [5, 5.41) is 0. The summed E-state index contributed by atoms with van der Waals surface area (Å²) in [6.07, 6.45) is 8.31. The second kappa shape index (κ2) is 8.39. The third-order valence-electron chi connectivity index (χ3n) is 5.28. The summed E-state index contributed by atoms with van der Waals surface area (Å²) in [7, 11) is 3.25. The summed E-state index contributed by atoms with van der Waals surface area (Å²) < 4.78 is 10.6. The van der Waals surface area contributed by atoms with Crippen LogP contribution in [0.5, 0.6) is 11.5 Å². The zero-order valence-corrected chi connectivity index (χ0v) is 15.2. The lowest BCUT2D eigenvalue weighted by atomic mass is 10.0. The number of hydrogen-bond donors (Lipinski definition) is 0. The molecule has 0 aromatic heterocycles. The van der Waals surface area contributed by atoms with E-state index in [0.717, 1.165) is 37.2 Å². The van der Waals surface area contributed by atoms with Crippen molar-refractivity contribution in [2.24, 2.45) is 0 Å². The molecule has 2 aliphatic rings. The molecule has 0 bridgehead atoms. The third-order valence-corrected chi connectivity index (χ3v) is 5.28. The minimum atomic E-state index is 0.0812. The molecule has 5 heteroatoms. The van der Waals surface area contributed by atoms with Gasteiger partial charge in [-0.2, -0.15) is 0 Å². The Labute approximate surface area is 150 Å². The van der Waals surface area contributed by atoms with Crippen LogP contribution in [0.3, 0.4) is 0 Å². The van der Waals surface area contributed by atoms with Crippen molar-refractivity contribution >= 4 is 12.0 Å². The number of hydrogen-bond acceptors (Lipinski definition) is 4. The van der Waals surface area contributed by atoms with Crippen LogP contribution in [0.4, 0.5) is 0 Å². The molecule has 0 saturated carbocycles. The second-order valence-corrected chi connectivity index (χ2v) is 6.74. The molecule has 0 spiro atoms. The zero-order valence-electron chi connectivity index (χ0n) is 15.2. The quantitative estimate of drug-likeness (QED) is 0.771. The van der Waals surface area contributed by atoms with Gasteiger partial charge in [0.05, 0.1) is 14.2 Å². The summed E-state index contributed by atoms with van der Waals surface area (Å²) in [4.78, 5) is 17.0. The van der Waals surface area contributed by atoms with Crippen LogP contribution in [0.15, 0.2) is 24.3 Å². The summed E-state index contributed by atoms with van der Waals surface area (Å²) in [5.74, 6) is 1.53. The second-order valence-electron chi connectivity index (χ2n) is 6.74. The first-order chi connectivity index (χ1) is 12.2. The molecule has 0 aliphatic carbocycles. The van der Waals surface area contributed by atoms with E-state index in [1.54, 1.807) is 20.3 Å². The van der Waals surface area contributed by atoms with E-state index in [0.29, 0.717) is 11.8 Å². The highest BCUT2D eigenvalue weighted by Crippen LogP contribution is 2.26. The first kappa shape index (κ1) is 17.8. The van der Waals surface area contributed by atoms with E-state index < -0.39 is 0 Å². The van der Waals surface area contributed by atoms with Crippen molar-refractivity contribution in [2.75, 3.05) is 40.4 Å². The lowest BCUT2D eigenvalue weighted by molar-refractivity contribution is -0.127. The summed E-state index contributed by atoms with van der Waals surface area (Å²) >= 11 is 0. The van der Waals surface area contributed by atoms with E-state index in [9.17, 15) is 4.79 Å². The van der Waals surface area contributed by atoms with Crippen LogP contribution in [0.1, 0.15) is 31.2 Å². The van der Waals surface area contributed by atoms with Crippen LogP contribution in [0.25, 0.3) is 6.08 Å². The minimum absolute atomic E-state index is 0.0812. The summed E-state index contributed by atoms with van der Waals surface area (Å²) in [5.41, 5.74) is 0.878. The molecular weight excluding hydrogens is 316 g/mol. The highest BCUT2D eigenvalue weighted by Gasteiger charge is 2.27. The van der Waals surface area contributed by atoms with Crippen molar-refractivity contribution in [3.05, 3.63) is 29.8 Å². The van der Waals surface area contributed by atoms with Gasteiger partial charge in [-0.05, 0) is 57.0 Å². The van der Waals surface area contributed by atoms with Crippen LogP contribution in [0, 0.1) is 0 Å². The van der Waals surface area contributed by atoms with Gasteiger partial charge in [0.2, 0.25) is 5.91 Å².